The molecular weight excluding hydrogens is 397 g/mol. The first-order valence-corrected chi connectivity index (χ1v) is 9.21. The van der Waals surface area contributed by atoms with Gasteiger partial charge in [-0.3, -0.25) is 20.2 Å². The molecule has 1 N–H and O–H groups in total. The first-order chi connectivity index (χ1) is 14.0. The largest absolute Gasteiger partial charge is 0.290 e. The van der Waals surface area contributed by atoms with Crippen LogP contribution in [0.5, 0.6) is 0 Å². The Morgan fingerprint density at radius 1 is 1.17 bits per heavy atom. The SMILES string of the molecule is O=C(/C=C/c1ccc([N+](=O)[O-])cc1)Nc1nc2scc(-c3ccc(F)cc3)n2n1. The van der Waals surface area contributed by atoms with Crippen LogP contribution in [0.15, 0.2) is 60.0 Å². The maximum Gasteiger partial charge on any atom is 0.269 e. The van der Waals surface area contributed by atoms with E-state index in [1.54, 1.807) is 28.8 Å². The molecule has 2 heterocycles. The lowest BCUT2D eigenvalue weighted by atomic mass is 10.2. The van der Waals surface area contributed by atoms with Gasteiger partial charge in [0.2, 0.25) is 4.96 Å². The Kier molecular flexibility index (Phi) is 4.83. The molecule has 0 saturated carbocycles. The highest BCUT2D eigenvalue weighted by Crippen LogP contribution is 2.26. The number of fused-ring (bicyclic) bond motifs is 1. The van der Waals surface area contributed by atoms with Crippen molar-refractivity contribution in [2.24, 2.45) is 0 Å². The van der Waals surface area contributed by atoms with Crippen molar-refractivity contribution >= 4 is 39.9 Å². The van der Waals surface area contributed by atoms with E-state index in [4.69, 9.17) is 0 Å². The van der Waals surface area contributed by atoms with E-state index in [0.717, 1.165) is 11.3 Å². The summed E-state index contributed by atoms with van der Waals surface area (Å²) in [5, 5.41) is 19.4. The van der Waals surface area contributed by atoms with E-state index < -0.39 is 10.8 Å². The van der Waals surface area contributed by atoms with Gasteiger partial charge in [-0.15, -0.1) is 16.4 Å². The second kappa shape index (κ2) is 7.60. The second-order valence-electron chi connectivity index (χ2n) is 5.93. The van der Waals surface area contributed by atoms with Gasteiger partial charge in [-0.1, -0.05) is 0 Å². The number of benzene rings is 2. The van der Waals surface area contributed by atoms with Gasteiger partial charge in [0, 0.05) is 29.2 Å². The molecule has 8 nitrogen and oxygen atoms in total. The van der Waals surface area contributed by atoms with Crippen molar-refractivity contribution in [2.75, 3.05) is 5.32 Å². The number of nitro benzene ring substituents is 1. The van der Waals surface area contributed by atoms with E-state index in [0.29, 0.717) is 10.5 Å². The zero-order valence-corrected chi connectivity index (χ0v) is 15.5. The summed E-state index contributed by atoms with van der Waals surface area (Å²) in [6.45, 7) is 0. The number of nitrogens with zero attached hydrogens (tertiary/aromatic N) is 4. The minimum atomic E-state index is -0.490. The van der Waals surface area contributed by atoms with Gasteiger partial charge >= 0.3 is 0 Å². The fourth-order valence-electron chi connectivity index (χ4n) is 2.58. The lowest BCUT2D eigenvalue weighted by Crippen LogP contribution is -2.09. The molecule has 2 aromatic heterocycles. The average molecular weight is 409 g/mol. The highest BCUT2D eigenvalue weighted by molar-refractivity contribution is 7.15. The number of thiazole rings is 1. The summed E-state index contributed by atoms with van der Waals surface area (Å²) in [6.07, 6.45) is 2.82. The standard InChI is InChI=1S/C19H12FN5O3S/c20-14-6-4-13(5-7-14)16-11-29-19-22-18(23-24(16)19)21-17(26)10-3-12-1-8-15(9-2-12)25(27)28/h1-11H,(H,21,23,26)/b10-3+. The zero-order valence-electron chi connectivity index (χ0n) is 14.7. The van der Waals surface area contributed by atoms with Gasteiger partial charge < -0.3 is 0 Å². The van der Waals surface area contributed by atoms with Crippen molar-refractivity contribution in [1.29, 1.82) is 0 Å². The number of aromatic nitrogens is 3. The summed E-state index contributed by atoms with van der Waals surface area (Å²) in [7, 11) is 0. The molecule has 0 aliphatic heterocycles. The number of carbonyl (C=O) groups excluding carboxylic acids is 1. The number of carbonyl (C=O) groups is 1. The Morgan fingerprint density at radius 3 is 2.59 bits per heavy atom. The Morgan fingerprint density at radius 2 is 1.90 bits per heavy atom. The number of amides is 1. The predicted octanol–water partition coefficient (Wildman–Crippen LogP) is 4.16. The van der Waals surface area contributed by atoms with Crippen molar-refractivity contribution in [1.82, 2.24) is 14.6 Å². The molecule has 0 radical (unpaired) electrons. The van der Waals surface area contributed by atoms with Crippen molar-refractivity contribution in [2.45, 2.75) is 0 Å². The predicted molar refractivity (Wildman–Crippen MR) is 107 cm³/mol. The third kappa shape index (κ3) is 4.01. The van der Waals surface area contributed by atoms with Crippen LogP contribution in [0, 0.1) is 15.9 Å². The summed E-state index contributed by atoms with van der Waals surface area (Å²) < 4.78 is 14.7. The van der Waals surface area contributed by atoms with Gasteiger partial charge in [0.1, 0.15) is 5.82 Å². The Hall–Kier alpha value is -3.92. The molecule has 0 unspecified atom stereocenters. The van der Waals surface area contributed by atoms with Crippen molar-refractivity contribution in [3.05, 3.63) is 81.5 Å². The Balaban J connectivity index is 1.48. The minimum absolute atomic E-state index is 0.0224. The van der Waals surface area contributed by atoms with Gasteiger partial charge in [0.25, 0.3) is 17.5 Å². The maximum atomic E-state index is 13.1. The number of nitrogens with one attached hydrogen (secondary N) is 1. The van der Waals surface area contributed by atoms with E-state index in [9.17, 15) is 19.3 Å². The quantitative estimate of drug-likeness (QED) is 0.303. The molecule has 0 aliphatic carbocycles. The van der Waals surface area contributed by atoms with Crippen LogP contribution in [0.2, 0.25) is 0 Å². The fourth-order valence-corrected chi connectivity index (χ4v) is 3.42. The normalized spacial score (nSPS) is 11.2. The number of nitro groups is 1. The number of halogens is 1. The molecule has 0 bridgehead atoms. The molecular formula is C19H12FN5O3S. The van der Waals surface area contributed by atoms with Gasteiger partial charge in [-0.25, -0.2) is 8.91 Å². The summed E-state index contributed by atoms with van der Waals surface area (Å²) in [6, 6.07) is 11.8. The zero-order chi connectivity index (χ0) is 20.4. The van der Waals surface area contributed by atoms with E-state index in [1.165, 1.54) is 47.8 Å². The van der Waals surface area contributed by atoms with E-state index >= 15 is 0 Å². The smallest absolute Gasteiger partial charge is 0.269 e. The monoisotopic (exact) mass is 409 g/mol. The van der Waals surface area contributed by atoms with Gasteiger partial charge in [0.05, 0.1) is 10.6 Å². The van der Waals surface area contributed by atoms with Crippen LogP contribution in [-0.2, 0) is 4.79 Å². The number of hydrogen-bond donors (Lipinski definition) is 1. The molecule has 0 atom stereocenters. The molecule has 0 spiro atoms. The molecule has 4 rings (SSSR count). The van der Waals surface area contributed by atoms with Crippen LogP contribution in [-0.4, -0.2) is 25.4 Å². The van der Waals surface area contributed by atoms with Crippen LogP contribution < -0.4 is 5.32 Å². The van der Waals surface area contributed by atoms with Crippen molar-refractivity contribution < 1.29 is 14.1 Å². The van der Waals surface area contributed by atoms with E-state index in [2.05, 4.69) is 15.4 Å². The first kappa shape index (κ1) is 18.4. The average Bonchev–Trinajstić information content (AvgIpc) is 3.27. The molecule has 4 aromatic rings. The molecule has 2 aromatic carbocycles. The van der Waals surface area contributed by atoms with Crippen LogP contribution in [0.1, 0.15) is 5.56 Å². The summed E-state index contributed by atoms with van der Waals surface area (Å²) in [4.78, 5) is 27.1. The lowest BCUT2D eigenvalue weighted by Gasteiger charge is -1.98. The molecule has 0 saturated heterocycles. The van der Waals surface area contributed by atoms with Crippen molar-refractivity contribution in [3.63, 3.8) is 0 Å². The highest BCUT2D eigenvalue weighted by atomic mass is 32.1. The van der Waals surface area contributed by atoms with Crippen LogP contribution in [0.4, 0.5) is 16.0 Å². The van der Waals surface area contributed by atoms with Gasteiger partial charge in [-0.2, -0.15) is 4.98 Å². The number of hydrogen-bond acceptors (Lipinski definition) is 6. The second-order valence-corrected chi connectivity index (χ2v) is 6.77. The topological polar surface area (TPSA) is 102 Å². The fraction of sp³-hybridized carbons (Fsp3) is 0. The number of non-ortho nitro benzene ring substituents is 1. The molecule has 10 heteroatoms. The van der Waals surface area contributed by atoms with E-state index in [1.807, 2.05) is 5.38 Å². The lowest BCUT2D eigenvalue weighted by molar-refractivity contribution is -0.384. The molecule has 29 heavy (non-hydrogen) atoms. The maximum absolute atomic E-state index is 13.1. The first-order valence-electron chi connectivity index (χ1n) is 8.33. The Labute approximate surface area is 167 Å². The van der Waals surface area contributed by atoms with Crippen LogP contribution in [0.25, 0.3) is 22.3 Å². The highest BCUT2D eigenvalue weighted by Gasteiger charge is 2.12. The molecule has 144 valence electrons. The molecule has 1 amide bonds. The van der Waals surface area contributed by atoms with Crippen LogP contribution >= 0.6 is 11.3 Å². The molecule has 0 aliphatic rings. The third-order valence-corrected chi connectivity index (χ3v) is 4.80. The summed E-state index contributed by atoms with van der Waals surface area (Å²) >= 11 is 1.35. The van der Waals surface area contributed by atoms with Gasteiger partial charge in [0.15, 0.2) is 0 Å². The van der Waals surface area contributed by atoms with Crippen LogP contribution in [0.3, 0.4) is 0 Å². The van der Waals surface area contributed by atoms with Crippen molar-refractivity contribution in [3.8, 4) is 11.3 Å². The number of rotatable bonds is 5. The minimum Gasteiger partial charge on any atom is -0.290 e. The third-order valence-electron chi connectivity index (χ3n) is 3.99. The summed E-state index contributed by atoms with van der Waals surface area (Å²) in [5.41, 5.74) is 2.13. The van der Waals surface area contributed by atoms with E-state index in [-0.39, 0.29) is 17.5 Å². The Bertz CT molecular complexity index is 1230. The summed E-state index contributed by atoms with van der Waals surface area (Å²) in [5.74, 6) is -0.630. The molecule has 0 fully saturated rings. The number of anilines is 1. The van der Waals surface area contributed by atoms with Gasteiger partial charge in [-0.05, 0) is 48.0 Å².